The van der Waals surface area contributed by atoms with Gasteiger partial charge in [-0.25, -0.2) is 9.97 Å². The van der Waals surface area contributed by atoms with Gasteiger partial charge in [-0.15, -0.1) is 10.2 Å². The lowest BCUT2D eigenvalue weighted by Crippen LogP contribution is -2.14. The van der Waals surface area contributed by atoms with Crippen LogP contribution >= 0.6 is 11.3 Å². The summed E-state index contributed by atoms with van der Waals surface area (Å²) in [5.41, 5.74) is 1.85. The number of rotatable bonds is 7. The molecule has 0 spiro atoms. The zero-order valence-corrected chi connectivity index (χ0v) is 13.8. The molecule has 2 heterocycles. The number of hydrogen-bond donors (Lipinski definition) is 2. The van der Waals surface area contributed by atoms with Crippen molar-refractivity contribution in [1.82, 2.24) is 20.2 Å². The first-order valence-corrected chi connectivity index (χ1v) is 8.07. The Labute approximate surface area is 133 Å². The van der Waals surface area contributed by atoms with Gasteiger partial charge in [-0.1, -0.05) is 18.3 Å². The van der Waals surface area contributed by atoms with Crippen LogP contribution in [0.25, 0.3) is 0 Å². The number of aromatic nitrogens is 4. The Balaban J connectivity index is 1.70. The molecule has 2 aromatic rings. The van der Waals surface area contributed by atoms with Crippen molar-refractivity contribution in [2.24, 2.45) is 0 Å². The molecule has 7 nitrogen and oxygen atoms in total. The van der Waals surface area contributed by atoms with Gasteiger partial charge in [0.1, 0.15) is 5.01 Å². The summed E-state index contributed by atoms with van der Waals surface area (Å²) < 4.78 is 0. The van der Waals surface area contributed by atoms with Gasteiger partial charge in [0.15, 0.2) is 0 Å². The molecule has 1 amide bonds. The lowest BCUT2D eigenvalue weighted by atomic mass is 10.3. The molecule has 0 unspecified atom stereocenters. The standard InChI is InChI=1S/C14H20N6OS/c1-4-12-19-20-14(22-12)18-11(21)6-5-7-15-13-16-9(2)8-10(3)17-13/h8H,4-7H2,1-3H3,(H,15,16,17)(H,18,20,21). The van der Waals surface area contributed by atoms with Crippen molar-refractivity contribution >= 4 is 28.3 Å². The van der Waals surface area contributed by atoms with E-state index in [9.17, 15) is 4.79 Å². The predicted octanol–water partition coefficient (Wildman–Crippen LogP) is 2.34. The number of nitrogens with one attached hydrogen (secondary N) is 2. The van der Waals surface area contributed by atoms with Crippen LogP contribution in [0.5, 0.6) is 0 Å². The third-order valence-electron chi connectivity index (χ3n) is 2.86. The highest BCUT2D eigenvalue weighted by atomic mass is 32.1. The fourth-order valence-electron chi connectivity index (χ4n) is 1.88. The molecule has 0 aliphatic carbocycles. The Bertz CT molecular complexity index is 622. The molecular weight excluding hydrogens is 300 g/mol. The van der Waals surface area contributed by atoms with Gasteiger partial charge in [0.25, 0.3) is 0 Å². The predicted molar refractivity (Wildman–Crippen MR) is 87.1 cm³/mol. The van der Waals surface area contributed by atoms with Crippen molar-refractivity contribution in [1.29, 1.82) is 0 Å². The number of carbonyl (C=O) groups is 1. The van der Waals surface area contributed by atoms with Crippen molar-refractivity contribution < 1.29 is 4.79 Å². The summed E-state index contributed by atoms with van der Waals surface area (Å²) in [6, 6.07) is 1.92. The van der Waals surface area contributed by atoms with Crippen LogP contribution in [0.4, 0.5) is 11.1 Å². The lowest BCUT2D eigenvalue weighted by molar-refractivity contribution is -0.116. The van der Waals surface area contributed by atoms with E-state index in [0.717, 1.165) is 22.8 Å². The summed E-state index contributed by atoms with van der Waals surface area (Å²) in [5, 5.41) is 15.3. The van der Waals surface area contributed by atoms with Crippen LogP contribution in [-0.2, 0) is 11.2 Å². The molecule has 2 aromatic heterocycles. The van der Waals surface area contributed by atoms with E-state index in [-0.39, 0.29) is 5.91 Å². The Kier molecular flexibility index (Phi) is 5.76. The molecule has 0 saturated heterocycles. The Hall–Kier alpha value is -2.09. The van der Waals surface area contributed by atoms with E-state index in [1.807, 2.05) is 26.8 Å². The molecule has 118 valence electrons. The van der Waals surface area contributed by atoms with Gasteiger partial charge in [-0.3, -0.25) is 4.79 Å². The Morgan fingerprint density at radius 1 is 1.23 bits per heavy atom. The van der Waals surface area contributed by atoms with E-state index in [1.165, 1.54) is 11.3 Å². The van der Waals surface area contributed by atoms with E-state index in [2.05, 4.69) is 30.8 Å². The quantitative estimate of drug-likeness (QED) is 0.761. The van der Waals surface area contributed by atoms with Crippen LogP contribution in [0.1, 0.15) is 36.2 Å². The molecule has 2 N–H and O–H groups in total. The fourth-order valence-corrected chi connectivity index (χ4v) is 2.58. The second-order valence-electron chi connectivity index (χ2n) is 4.91. The molecule has 8 heteroatoms. The van der Waals surface area contributed by atoms with Gasteiger partial charge in [-0.05, 0) is 32.8 Å². The van der Waals surface area contributed by atoms with E-state index in [0.29, 0.717) is 30.5 Å². The van der Waals surface area contributed by atoms with Crippen LogP contribution in [0.2, 0.25) is 0 Å². The smallest absolute Gasteiger partial charge is 0.226 e. The zero-order valence-electron chi connectivity index (χ0n) is 13.0. The maximum atomic E-state index is 11.8. The highest BCUT2D eigenvalue weighted by Gasteiger charge is 2.07. The van der Waals surface area contributed by atoms with Gasteiger partial charge >= 0.3 is 0 Å². The van der Waals surface area contributed by atoms with Crippen molar-refractivity contribution in [2.45, 2.75) is 40.0 Å². The maximum absolute atomic E-state index is 11.8. The summed E-state index contributed by atoms with van der Waals surface area (Å²) in [4.78, 5) is 20.4. The SMILES string of the molecule is CCc1nnc(NC(=O)CCCNc2nc(C)cc(C)n2)s1. The average Bonchev–Trinajstić information content (AvgIpc) is 2.90. The van der Waals surface area contributed by atoms with Crippen molar-refractivity contribution in [2.75, 3.05) is 17.2 Å². The second-order valence-corrected chi connectivity index (χ2v) is 5.97. The van der Waals surface area contributed by atoms with E-state index in [1.54, 1.807) is 0 Å². The van der Waals surface area contributed by atoms with Gasteiger partial charge in [0, 0.05) is 24.4 Å². The second kappa shape index (κ2) is 7.79. The van der Waals surface area contributed by atoms with E-state index < -0.39 is 0 Å². The van der Waals surface area contributed by atoms with Crippen LogP contribution in [0.3, 0.4) is 0 Å². The minimum absolute atomic E-state index is 0.0538. The minimum atomic E-state index is -0.0538. The lowest BCUT2D eigenvalue weighted by Gasteiger charge is -2.06. The monoisotopic (exact) mass is 320 g/mol. The third kappa shape index (κ3) is 5.03. The Morgan fingerprint density at radius 2 is 1.95 bits per heavy atom. The topological polar surface area (TPSA) is 92.7 Å². The highest BCUT2D eigenvalue weighted by molar-refractivity contribution is 7.15. The molecular formula is C14H20N6OS. The van der Waals surface area contributed by atoms with Crippen molar-refractivity contribution in [3.8, 4) is 0 Å². The molecule has 0 aliphatic rings. The summed E-state index contributed by atoms with van der Waals surface area (Å²) in [6.07, 6.45) is 1.94. The number of anilines is 2. The summed E-state index contributed by atoms with van der Waals surface area (Å²) >= 11 is 1.41. The minimum Gasteiger partial charge on any atom is -0.354 e. The van der Waals surface area contributed by atoms with Crippen LogP contribution in [0, 0.1) is 13.8 Å². The third-order valence-corrected chi connectivity index (χ3v) is 3.84. The molecule has 0 aromatic carbocycles. The van der Waals surface area contributed by atoms with Gasteiger partial charge in [-0.2, -0.15) is 0 Å². The zero-order chi connectivity index (χ0) is 15.9. The number of amides is 1. The van der Waals surface area contributed by atoms with Crippen LogP contribution in [-0.4, -0.2) is 32.6 Å². The van der Waals surface area contributed by atoms with E-state index >= 15 is 0 Å². The van der Waals surface area contributed by atoms with Crippen molar-refractivity contribution in [3.63, 3.8) is 0 Å². The molecule has 2 rings (SSSR count). The number of nitrogens with zero attached hydrogens (tertiary/aromatic N) is 4. The largest absolute Gasteiger partial charge is 0.354 e. The van der Waals surface area contributed by atoms with Gasteiger partial charge in [0.05, 0.1) is 0 Å². The van der Waals surface area contributed by atoms with E-state index in [4.69, 9.17) is 0 Å². The van der Waals surface area contributed by atoms with Crippen molar-refractivity contribution in [3.05, 3.63) is 22.5 Å². The highest BCUT2D eigenvalue weighted by Crippen LogP contribution is 2.15. The van der Waals surface area contributed by atoms with Crippen LogP contribution < -0.4 is 10.6 Å². The summed E-state index contributed by atoms with van der Waals surface area (Å²) in [7, 11) is 0. The number of carbonyl (C=O) groups excluding carboxylic acids is 1. The number of hydrogen-bond acceptors (Lipinski definition) is 7. The molecule has 0 aliphatic heterocycles. The molecule has 0 fully saturated rings. The normalized spacial score (nSPS) is 10.5. The summed E-state index contributed by atoms with van der Waals surface area (Å²) in [5.74, 6) is 0.552. The first kappa shape index (κ1) is 16.3. The number of aryl methyl sites for hydroxylation is 3. The molecule has 0 radical (unpaired) electrons. The van der Waals surface area contributed by atoms with Gasteiger partial charge in [0.2, 0.25) is 17.0 Å². The molecule has 22 heavy (non-hydrogen) atoms. The first-order valence-electron chi connectivity index (χ1n) is 7.25. The summed E-state index contributed by atoms with van der Waals surface area (Å²) in [6.45, 7) is 6.51. The first-order chi connectivity index (χ1) is 10.6. The fraction of sp³-hybridized carbons (Fsp3) is 0.500. The molecule has 0 bridgehead atoms. The Morgan fingerprint density at radius 3 is 2.59 bits per heavy atom. The average molecular weight is 320 g/mol. The van der Waals surface area contributed by atoms with Gasteiger partial charge < -0.3 is 10.6 Å². The van der Waals surface area contributed by atoms with Crippen LogP contribution in [0.15, 0.2) is 6.07 Å². The molecule has 0 saturated carbocycles. The maximum Gasteiger partial charge on any atom is 0.226 e. The molecule has 0 atom stereocenters.